The zero-order valence-corrected chi connectivity index (χ0v) is 20.7. The van der Waals surface area contributed by atoms with E-state index in [1.165, 1.54) is 12.1 Å². The Morgan fingerprint density at radius 2 is 1.28 bits per heavy atom. The fourth-order valence-electron chi connectivity index (χ4n) is 5.60. The van der Waals surface area contributed by atoms with E-state index in [9.17, 15) is 44.3 Å². The van der Waals surface area contributed by atoms with Crippen LogP contribution in [0.4, 0.5) is 44.3 Å². The number of nitrogens with zero attached hydrogens (tertiary/aromatic N) is 3. The average molecular weight is 577 g/mol. The Hall–Kier alpha value is -2.42. The minimum atomic E-state index is -5.79. The van der Waals surface area contributed by atoms with Gasteiger partial charge < -0.3 is 14.4 Å². The van der Waals surface area contributed by atoms with Crippen molar-refractivity contribution < 1.29 is 53.8 Å². The molecular weight excluding hydrogens is 549 g/mol. The van der Waals surface area contributed by atoms with Gasteiger partial charge in [0.1, 0.15) is 5.75 Å². The van der Waals surface area contributed by atoms with Gasteiger partial charge in [-0.2, -0.15) is 26.3 Å². The molecule has 2 unspecified atom stereocenters. The first-order valence-electron chi connectivity index (χ1n) is 12.5. The molecule has 0 spiro atoms. The number of likely N-dealkylation sites (tertiary alicyclic amines) is 3. The van der Waals surface area contributed by atoms with E-state index in [2.05, 4.69) is 14.4 Å². The summed E-state index contributed by atoms with van der Waals surface area (Å²) in [6, 6.07) is 4.48. The standard InChI is InChI=1S/C24H28F9N3O3/c25-22(26,27)20(23(28,29)30)38-21(37)36-13-17-11-35(12-18(17)14-36)10-16-6-15(9-34-4-2-1-3-5-34)7-19(8-16)39-24(31,32)33/h6-8,17-18,20H,1-5,9-14H2. The van der Waals surface area contributed by atoms with Crippen molar-refractivity contribution in [3.63, 3.8) is 0 Å². The third-order valence-electron chi connectivity index (χ3n) is 7.15. The van der Waals surface area contributed by atoms with Gasteiger partial charge in [0.05, 0.1) is 0 Å². The molecule has 6 nitrogen and oxygen atoms in total. The van der Waals surface area contributed by atoms with E-state index in [-0.39, 0.29) is 37.2 Å². The second kappa shape index (κ2) is 11.2. The molecule has 0 radical (unpaired) electrons. The van der Waals surface area contributed by atoms with Crippen molar-refractivity contribution in [1.29, 1.82) is 0 Å². The zero-order chi connectivity index (χ0) is 28.6. The second-order valence-electron chi connectivity index (χ2n) is 10.3. The fourth-order valence-corrected chi connectivity index (χ4v) is 5.60. The van der Waals surface area contributed by atoms with Gasteiger partial charge in [0.25, 0.3) is 6.10 Å². The van der Waals surface area contributed by atoms with Crippen LogP contribution < -0.4 is 4.74 Å². The number of ether oxygens (including phenoxy) is 2. The minimum absolute atomic E-state index is 0.0835. The van der Waals surface area contributed by atoms with Gasteiger partial charge in [-0.3, -0.25) is 9.80 Å². The van der Waals surface area contributed by atoms with Gasteiger partial charge in [-0.15, -0.1) is 13.2 Å². The van der Waals surface area contributed by atoms with Gasteiger partial charge >= 0.3 is 24.8 Å². The molecule has 1 amide bonds. The van der Waals surface area contributed by atoms with Crippen molar-refractivity contribution >= 4 is 6.09 Å². The molecule has 1 aromatic carbocycles. The number of carbonyl (C=O) groups excluding carboxylic acids is 1. The van der Waals surface area contributed by atoms with Gasteiger partial charge in [-0.1, -0.05) is 12.5 Å². The molecule has 2 atom stereocenters. The Labute approximate surface area is 218 Å². The summed E-state index contributed by atoms with van der Waals surface area (Å²) in [5.74, 6) is -0.783. The molecular formula is C24H28F9N3O3. The number of rotatable bonds is 6. The van der Waals surface area contributed by atoms with Crippen molar-refractivity contribution in [3.8, 4) is 5.75 Å². The summed E-state index contributed by atoms with van der Waals surface area (Å²) in [6.07, 6.45) is -19.2. The average Bonchev–Trinajstić information content (AvgIpc) is 3.34. The van der Waals surface area contributed by atoms with Crippen molar-refractivity contribution in [2.75, 3.05) is 39.3 Å². The molecule has 3 fully saturated rings. The molecule has 0 bridgehead atoms. The maximum Gasteiger partial charge on any atom is 0.573 e. The predicted molar refractivity (Wildman–Crippen MR) is 118 cm³/mol. The Bertz CT molecular complexity index is 981. The summed E-state index contributed by atoms with van der Waals surface area (Å²) in [6.45, 7) is 3.00. The number of hydrogen-bond donors (Lipinski definition) is 0. The number of benzene rings is 1. The summed E-state index contributed by atoms with van der Waals surface area (Å²) >= 11 is 0. The normalized spacial score (nSPS) is 23.4. The Morgan fingerprint density at radius 1 is 0.769 bits per heavy atom. The summed E-state index contributed by atoms with van der Waals surface area (Å²) in [7, 11) is 0. The molecule has 220 valence electrons. The molecule has 1 aromatic rings. The molecule has 3 saturated heterocycles. The molecule has 0 N–H and O–H groups in total. The highest BCUT2D eigenvalue weighted by Gasteiger charge is 2.60. The maximum absolute atomic E-state index is 12.9. The van der Waals surface area contributed by atoms with Crippen LogP contribution in [-0.2, 0) is 17.8 Å². The molecule has 4 rings (SSSR count). The first kappa shape index (κ1) is 29.6. The van der Waals surface area contributed by atoms with Crippen LogP contribution in [-0.4, -0.2) is 84.9 Å². The molecule has 15 heteroatoms. The summed E-state index contributed by atoms with van der Waals surface area (Å²) < 4.78 is 123. The minimum Gasteiger partial charge on any atom is -0.426 e. The van der Waals surface area contributed by atoms with E-state index in [1.807, 2.05) is 11.0 Å². The lowest BCUT2D eigenvalue weighted by Gasteiger charge is -2.27. The Morgan fingerprint density at radius 3 is 1.77 bits per heavy atom. The van der Waals surface area contributed by atoms with Gasteiger partial charge in [-0.05, 0) is 61.0 Å². The Kier molecular flexibility index (Phi) is 8.50. The number of alkyl halides is 9. The van der Waals surface area contributed by atoms with Gasteiger partial charge in [0.15, 0.2) is 0 Å². The van der Waals surface area contributed by atoms with Crippen LogP contribution in [0.1, 0.15) is 30.4 Å². The highest BCUT2D eigenvalue weighted by molar-refractivity contribution is 5.68. The van der Waals surface area contributed by atoms with Crippen LogP contribution in [0, 0.1) is 11.8 Å². The number of amides is 1. The lowest BCUT2D eigenvalue weighted by molar-refractivity contribution is -0.308. The number of carbonyl (C=O) groups is 1. The highest BCUT2D eigenvalue weighted by Crippen LogP contribution is 2.38. The van der Waals surface area contributed by atoms with Crippen molar-refractivity contribution in [2.24, 2.45) is 11.8 Å². The van der Waals surface area contributed by atoms with Gasteiger partial charge in [0, 0.05) is 39.3 Å². The Balaban J connectivity index is 1.37. The first-order valence-corrected chi connectivity index (χ1v) is 12.5. The summed E-state index contributed by atoms with van der Waals surface area (Å²) in [5, 5.41) is 0. The molecule has 3 aliphatic heterocycles. The van der Waals surface area contributed by atoms with E-state index >= 15 is 0 Å². The second-order valence-corrected chi connectivity index (χ2v) is 10.3. The van der Waals surface area contributed by atoms with Crippen LogP contribution in [0.2, 0.25) is 0 Å². The van der Waals surface area contributed by atoms with Gasteiger partial charge in [-0.25, -0.2) is 4.79 Å². The summed E-state index contributed by atoms with van der Waals surface area (Å²) in [5.41, 5.74) is 1.25. The molecule has 0 aromatic heterocycles. The maximum atomic E-state index is 12.9. The summed E-state index contributed by atoms with van der Waals surface area (Å²) in [4.78, 5) is 17.0. The van der Waals surface area contributed by atoms with Crippen molar-refractivity contribution in [2.45, 2.75) is 57.2 Å². The number of piperidine rings is 1. The van der Waals surface area contributed by atoms with E-state index < -0.39 is 30.9 Å². The third kappa shape index (κ3) is 8.05. The van der Waals surface area contributed by atoms with Crippen LogP contribution in [0.25, 0.3) is 0 Å². The van der Waals surface area contributed by atoms with Crippen LogP contribution in [0.5, 0.6) is 5.75 Å². The van der Waals surface area contributed by atoms with E-state index in [0.29, 0.717) is 30.8 Å². The lowest BCUT2D eigenvalue weighted by atomic mass is 10.0. The number of hydrogen-bond acceptors (Lipinski definition) is 5. The molecule has 0 saturated carbocycles. The molecule has 0 aliphatic carbocycles. The largest absolute Gasteiger partial charge is 0.573 e. The lowest BCUT2D eigenvalue weighted by Crippen LogP contribution is -2.48. The fraction of sp³-hybridized carbons (Fsp3) is 0.708. The molecule has 3 aliphatic rings. The quantitative estimate of drug-likeness (QED) is 0.415. The number of fused-ring (bicyclic) bond motifs is 1. The monoisotopic (exact) mass is 577 g/mol. The van der Waals surface area contributed by atoms with Crippen LogP contribution in [0.15, 0.2) is 18.2 Å². The van der Waals surface area contributed by atoms with Crippen molar-refractivity contribution in [1.82, 2.24) is 14.7 Å². The third-order valence-corrected chi connectivity index (χ3v) is 7.15. The van der Waals surface area contributed by atoms with E-state index in [4.69, 9.17) is 0 Å². The van der Waals surface area contributed by atoms with E-state index in [1.54, 1.807) is 0 Å². The van der Waals surface area contributed by atoms with Crippen LogP contribution >= 0.6 is 0 Å². The molecule has 3 heterocycles. The first-order chi connectivity index (χ1) is 18.1. The zero-order valence-electron chi connectivity index (χ0n) is 20.7. The van der Waals surface area contributed by atoms with Crippen molar-refractivity contribution in [3.05, 3.63) is 29.3 Å². The highest BCUT2D eigenvalue weighted by atomic mass is 19.4. The van der Waals surface area contributed by atoms with Crippen LogP contribution in [0.3, 0.4) is 0 Å². The van der Waals surface area contributed by atoms with Gasteiger partial charge in [0.2, 0.25) is 0 Å². The number of halogens is 9. The smallest absolute Gasteiger partial charge is 0.426 e. The molecule has 39 heavy (non-hydrogen) atoms. The SMILES string of the molecule is O=C(OC(C(F)(F)F)C(F)(F)F)N1CC2CN(Cc3cc(CN4CCCCC4)cc(OC(F)(F)F)c3)CC2C1. The predicted octanol–water partition coefficient (Wildman–Crippen LogP) is 5.56. The topological polar surface area (TPSA) is 45.2 Å². The van der Waals surface area contributed by atoms with E-state index in [0.717, 1.165) is 37.3 Å².